The van der Waals surface area contributed by atoms with Crippen LogP contribution in [0.5, 0.6) is 0 Å². The molecule has 2 N–H and O–H groups in total. The van der Waals surface area contributed by atoms with Gasteiger partial charge in [0.05, 0.1) is 5.92 Å². The minimum absolute atomic E-state index is 0.0483. The van der Waals surface area contributed by atoms with Crippen LogP contribution in [0.15, 0.2) is 5.10 Å². The minimum Gasteiger partial charge on any atom is -0.396 e. The molecular formula is C11H17N3O3. The Labute approximate surface area is 99.7 Å². The van der Waals surface area contributed by atoms with Crippen LogP contribution in [0, 0.1) is 11.8 Å². The maximum atomic E-state index is 11.6. The number of carbonyl (C=O) groups excluding carboxylic acids is 2. The third kappa shape index (κ3) is 2.46. The quantitative estimate of drug-likeness (QED) is 0.683. The molecular weight excluding hydrogens is 222 g/mol. The molecule has 2 atom stereocenters. The van der Waals surface area contributed by atoms with E-state index in [9.17, 15) is 9.59 Å². The second kappa shape index (κ2) is 4.83. The van der Waals surface area contributed by atoms with Gasteiger partial charge >= 0.3 is 0 Å². The molecule has 0 radical (unpaired) electrons. The standard InChI is InChI=1S/C11H17N3O3/c1-7-9(11(17)13-12-7)2-3-14-5-8(6-15)4-10(14)16/h8-9,15H,2-6H2,1H3,(H,13,17). The maximum absolute atomic E-state index is 11.6. The van der Waals surface area contributed by atoms with Gasteiger partial charge in [-0.15, -0.1) is 0 Å². The van der Waals surface area contributed by atoms with Gasteiger partial charge in [-0.2, -0.15) is 5.10 Å². The molecule has 17 heavy (non-hydrogen) atoms. The molecule has 2 aliphatic heterocycles. The first-order valence-corrected chi connectivity index (χ1v) is 5.84. The Kier molecular flexibility index (Phi) is 3.42. The van der Waals surface area contributed by atoms with E-state index in [-0.39, 0.29) is 30.3 Å². The zero-order chi connectivity index (χ0) is 12.4. The van der Waals surface area contributed by atoms with Gasteiger partial charge in [-0.1, -0.05) is 0 Å². The summed E-state index contributed by atoms with van der Waals surface area (Å²) in [6, 6.07) is 0. The summed E-state index contributed by atoms with van der Waals surface area (Å²) in [6.45, 7) is 3.01. The van der Waals surface area contributed by atoms with E-state index < -0.39 is 0 Å². The third-order valence-electron chi connectivity index (χ3n) is 3.40. The van der Waals surface area contributed by atoms with Crippen LogP contribution in [0.25, 0.3) is 0 Å². The number of hydrazone groups is 1. The lowest BCUT2D eigenvalue weighted by atomic mass is 10.0. The van der Waals surface area contributed by atoms with Crippen molar-refractivity contribution in [1.82, 2.24) is 10.3 Å². The SMILES string of the molecule is CC1=NNC(=O)C1CCN1CC(CO)CC1=O. The normalized spacial score (nSPS) is 28.6. The Morgan fingerprint density at radius 3 is 2.82 bits per heavy atom. The molecule has 94 valence electrons. The summed E-state index contributed by atoms with van der Waals surface area (Å²) in [5.74, 6) is -0.185. The Bertz CT molecular complexity index is 367. The van der Waals surface area contributed by atoms with Crippen molar-refractivity contribution in [2.45, 2.75) is 19.8 Å². The number of aliphatic hydroxyl groups excluding tert-OH is 1. The Balaban J connectivity index is 1.85. The first kappa shape index (κ1) is 12.0. The van der Waals surface area contributed by atoms with Gasteiger partial charge in [0, 0.05) is 37.7 Å². The molecule has 0 aromatic heterocycles. The topological polar surface area (TPSA) is 82.0 Å². The van der Waals surface area contributed by atoms with Crippen LogP contribution in [-0.4, -0.2) is 47.2 Å². The van der Waals surface area contributed by atoms with E-state index in [1.54, 1.807) is 4.90 Å². The smallest absolute Gasteiger partial charge is 0.248 e. The van der Waals surface area contributed by atoms with Gasteiger partial charge in [-0.25, -0.2) is 5.43 Å². The number of likely N-dealkylation sites (tertiary alicyclic amines) is 1. The van der Waals surface area contributed by atoms with Crippen LogP contribution in [0.2, 0.25) is 0 Å². The molecule has 0 bridgehead atoms. The molecule has 0 aliphatic carbocycles. The van der Waals surface area contributed by atoms with Gasteiger partial charge in [-0.05, 0) is 13.3 Å². The summed E-state index contributed by atoms with van der Waals surface area (Å²) in [4.78, 5) is 24.7. The van der Waals surface area contributed by atoms with Gasteiger partial charge < -0.3 is 10.0 Å². The monoisotopic (exact) mass is 239 g/mol. The van der Waals surface area contributed by atoms with Crippen LogP contribution < -0.4 is 5.43 Å². The minimum atomic E-state index is -0.212. The van der Waals surface area contributed by atoms with E-state index in [1.165, 1.54) is 0 Å². The second-order valence-corrected chi connectivity index (χ2v) is 4.66. The van der Waals surface area contributed by atoms with Gasteiger partial charge in [0.25, 0.3) is 0 Å². The van der Waals surface area contributed by atoms with Crippen LogP contribution >= 0.6 is 0 Å². The Morgan fingerprint density at radius 2 is 2.29 bits per heavy atom. The molecule has 2 amide bonds. The number of aliphatic hydroxyl groups is 1. The zero-order valence-corrected chi connectivity index (χ0v) is 9.85. The van der Waals surface area contributed by atoms with Crippen molar-refractivity contribution in [2.75, 3.05) is 19.7 Å². The molecule has 6 heteroatoms. The van der Waals surface area contributed by atoms with Crippen LogP contribution in [-0.2, 0) is 9.59 Å². The van der Waals surface area contributed by atoms with Crippen molar-refractivity contribution >= 4 is 17.5 Å². The van der Waals surface area contributed by atoms with E-state index >= 15 is 0 Å². The largest absolute Gasteiger partial charge is 0.396 e. The number of nitrogens with zero attached hydrogens (tertiary/aromatic N) is 2. The van der Waals surface area contributed by atoms with Crippen molar-refractivity contribution < 1.29 is 14.7 Å². The summed E-state index contributed by atoms with van der Waals surface area (Å²) in [5.41, 5.74) is 3.21. The fourth-order valence-electron chi connectivity index (χ4n) is 2.31. The average Bonchev–Trinajstić information content (AvgIpc) is 2.81. The molecule has 0 aromatic rings. The summed E-state index contributed by atoms with van der Waals surface area (Å²) in [6.07, 6.45) is 1.02. The molecule has 2 rings (SSSR count). The first-order valence-electron chi connectivity index (χ1n) is 5.84. The summed E-state index contributed by atoms with van der Waals surface area (Å²) in [7, 11) is 0. The highest BCUT2D eigenvalue weighted by molar-refractivity contribution is 6.06. The van der Waals surface area contributed by atoms with Crippen molar-refractivity contribution in [2.24, 2.45) is 16.9 Å². The molecule has 6 nitrogen and oxygen atoms in total. The predicted molar refractivity (Wildman–Crippen MR) is 61.1 cm³/mol. The van der Waals surface area contributed by atoms with E-state index in [1.807, 2.05) is 6.92 Å². The van der Waals surface area contributed by atoms with Crippen LogP contribution in [0.3, 0.4) is 0 Å². The molecule has 1 fully saturated rings. The van der Waals surface area contributed by atoms with E-state index in [2.05, 4.69) is 10.5 Å². The third-order valence-corrected chi connectivity index (χ3v) is 3.40. The summed E-state index contributed by atoms with van der Waals surface area (Å²) in [5, 5.41) is 12.9. The lowest BCUT2D eigenvalue weighted by molar-refractivity contribution is -0.128. The van der Waals surface area contributed by atoms with Gasteiger partial charge in [-0.3, -0.25) is 9.59 Å². The number of hydrogen-bond acceptors (Lipinski definition) is 4. The highest BCUT2D eigenvalue weighted by atomic mass is 16.3. The fraction of sp³-hybridized carbons (Fsp3) is 0.727. The highest BCUT2D eigenvalue weighted by Crippen LogP contribution is 2.19. The average molecular weight is 239 g/mol. The number of carbonyl (C=O) groups is 2. The van der Waals surface area contributed by atoms with Crippen LogP contribution in [0.4, 0.5) is 0 Å². The zero-order valence-electron chi connectivity index (χ0n) is 9.85. The number of hydrogen-bond donors (Lipinski definition) is 2. The van der Waals surface area contributed by atoms with E-state index in [4.69, 9.17) is 5.11 Å². The van der Waals surface area contributed by atoms with E-state index in [0.717, 1.165) is 5.71 Å². The van der Waals surface area contributed by atoms with Gasteiger partial charge in [0.1, 0.15) is 0 Å². The maximum Gasteiger partial charge on any atom is 0.248 e. The number of nitrogens with one attached hydrogen (secondary N) is 1. The highest BCUT2D eigenvalue weighted by Gasteiger charge is 2.32. The van der Waals surface area contributed by atoms with Crippen molar-refractivity contribution in [3.8, 4) is 0 Å². The fourth-order valence-corrected chi connectivity index (χ4v) is 2.31. The second-order valence-electron chi connectivity index (χ2n) is 4.66. The molecule has 2 heterocycles. The van der Waals surface area contributed by atoms with Crippen molar-refractivity contribution in [3.63, 3.8) is 0 Å². The lowest BCUT2D eigenvalue weighted by Crippen LogP contribution is -2.31. The van der Waals surface area contributed by atoms with Crippen LogP contribution in [0.1, 0.15) is 19.8 Å². The Hall–Kier alpha value is -1.43. The molecule has 0 aromatic carbocycles. The predicted octanol–water partition coefficient (Wildman–Crippen LogP) is -0.661. The van der Waals surface area contributed by atoms with Gasteiger partial charge in [0.15, 0.2) is 0 Å². The molecule has 1 saturated heterocycles. The summed E-state index contributed by atoms with van der Waals surface area (Å²) < 4.78 is 0. The number of amides is 2. The van der Waals surface area contributed by atoms with Gasteiger partial charge in [0.2, 0.25) is 11.8 Å². The first-order chi connectivity index (χ1) is 8.11. The molecule has 0 saturated carbocycles. The lowest BCUT2D eigenvalue weighted by Gasteiger charge is -2.17. The molecule has 2 aliphatic rings. The molecule has 2 unspecified atom stereocenters. The Morgan fingerprint density at radius 1 is 1.53 bits per heavy atom. The van der Waals surface area contributed by atoms with E-state index in [0.29, 0.717) is 25.9 Å². The number of rotatable bonds is 4. The van der Waals surface area contributed by atoms with Crippen molar-refractivity contribution in [1.29, 1.82) is 0 Å². The van der Waals surface area contributed by atoms with Crippen molar-refractivity contribution in [3.05, 3.63) is 0 Å². The molecule has 0 spiro atoms. The summed E-state index contributed by atoms with van der Waals surface area (Å²) >= 11 is 0.